The van der Waals surface area contributed by atoms with E-state index >= 15 is 0 Å². The Bertz CT molecular complexity index is 1080. The fourth-order valence-electron chi connectivity index (χ4n) is 3.31. The minimum absolute atomic E-state index is 0.0187. The van der Waals surface area contributed by atoms with E-state index < -0.39 is 5.72 Å². The quantitative estimate of drug-likeness (QED) is 0.297. The van der Waals surface area contributed by atoms with E-state index in [1.54, 1.807) is 48.7 Å². The van der Waals surface area contributed by atoms with E-state index in [0.29, 0.717) is 22.6 Å². The van der Waals surface area contributed by atoms with Crippen molar-refractivity contribution in [3.63, 3.8) is 0 Å². The Morgan fingerprint density at radius 3 is 2.84 bits per heavy atom. The van der Waals surface area contributed by atoms with Crippen LogP contribution in [0.2, 0.25) is 0 Å². The number of rotatable bonds is 9. The third-order valence-corrected chi connectivity index (χ3v) is 5.06. The van der Waals surface area contributed by atoms with Crippen LogP contribution in [-0.2, 0) is 5.72 Å². The number of allylic oxidation sites excluding steroid dienone is 1. The van der Waals surface area contributed by atoms with Gasteiger partial charge in [-0.05, 0) is 60.5 Å². The van der Waals surface area contributed by atoms with E-state index in [1.807, 2.05) is 6.08 Å². The summed E-state index contributed by atoms with van der Waals surface area (Å²) in [5, 5.41) is 13.6. The number of aromatic amines is 1. The Labute approximate surface area is 185 Å². The van der Waals surface area contributed by atoms with Crippen LogP contribution in [0.4, 0.5) is 0 Å². The highest BCUT2D eigenvalue weighted by atomic mass is 16.6. The average Bonchev–Trinajstić information content (AvgIpc) is 3.37. The number of hydrogen-bond donors (Lipinski definition) is 2. The van der Waals surface area contributed by atoms with Gasteiger partial charge in [-0.25, -0.2) is 0 Å². The fraction of sp³-hybridized carbons (Fsp3) is 0.304. The highest BCUT2D eigenvalue weighted by Gasteiger charge is 2.41. The molecular weight excluding hydrogens is 410 g/mol. The molecule has 4 rings (SSSR count). The summed E-state index contributed by atoms with van der Waals surface area (Å²) in [5.74, 6) is 1.22. The van der Waals surface area contributed by atoms with Gasteiger partial charge < -0.3 is 14.2 Å². The molecule has 1 unspecified atom stereocenters. The molecule has 1 atom stereocenters. The van der Waals surface area contributed by atoms with Crippen molar-refractivity contribution >= 4 is 5.78 Å². The summed E-state index contributed by atoms with van der Waals surface area (Å²) in [7, 11) is 0. The standard InChI is InChI=1S/C23H25N5O4/c1-2-3-4-5-6-14-30-17-12-10-16(11-13-17)20(29)18-8-7-9-19-21(18)32-23(24,15-31-19)22-25-27-28-26-22/h6-14H,2-5,15,24H2,1H3,(H,25,26,27,28)/b14-6+. The highest BCUT2D eigenvalue weighted by molar-refractivity contribution is 6.11. The number of carbonyl (C=O) groups is 1. The van der Waals surface area contributed by atoms with Gasteiger partial charge in [-0.1, -0.05) is 25.8 Å². The van der Waals surface area contributed by atoms with Gasteiger partial charge in [-0.15, -0.1) is 10.2 Å². The van der Waals surface area contributed by atoms with Crippen LogP contribution in [0.3, 0.4) is 0 Å². The van der Waals surface area contributed by atoms with Crippen LogP contribution in [-0.4, -0.2) is 33.0 Å². The maximum Gasteiger partial charge on any atom is 0.257 e. The van der Waals surface area contributed by atoms with Crippen LogP contribution in [0.1, 0.15) is 54.4 Å². The Morgan fingerprint density at radius 1 is 1.25 bits per heavy atom. The van der Waals surface area contributed by atoms with Gasteiger partial charge in [-0.2, -0.15) is 5.21 Å². The summed E-state index contributed by atoms with van der Waals surface area (Å²) in [4.78, 5) is 13.2. The van der Waals surface area contributed by atoms with Gasteiger partial charge in [0.25, 0.3) is 5.72 Å². The van der Waals surface area contributed by atoms with Crippen molar-refractivity contribution in [3.05, 3.63) is 71.8 Å². The molecule has 2 heterocycles. The number of H-pyrrole nitrogens is 1. The molecule has 0 fully saturated rings. The maximum absolute atomic E-state index is 13.2. The summed E-state index contributed by atoms with van der Waals surface area (Å²) in [6.07, 6.45) is 8.22. The van der Waals surface area contributed by atoms with Crippen LogP contribution in [0.15, 0.2) is 54.8 Å². The van der Waals surface area contributed by atoms with Crippen LogP contribution in [0.5, 0.6) is 17.2 Å². The van der Waals surface area contributed by atoms with E-state index in [2.05, 4.69) is 27.5 Å². The molecule has 166 valence electrons. The minimum Gasteiger partial charge on any atom is -0.483 e. The van der Waals surface area contributed by atoms with E-state index in [4.69, 9.17) is 19.9 Å². The zero-order chi connectivity index (χ0) is 22.4. The zero-order valence-electron chi connectivity index (χ0n) is 17.8. The van der Waals surface area contributed by atoms with Crippen molar-refractivity contribution in [1.82, 2.24) is 20.6 Å². The first-order valence-corrected chi connectivity index (χ1v) is 10.5. The molecule has 3 N–H and O–H groups in total. The molecule has 0 aliphatic carbocycles. The van der Waals surface area contributed by atoms with Gasteiger partial charge in [0.15, 0.2) is 17.3 Å². The number of ketones is 1. The van der Waals surface area contributed by atoms with Crippen molar-refractivity contribution in [3.8, 4) is 17.2 Å². The second-order valence-electron chi connectivity index (χ2n) is 7.49. The van der Waals surface area contributed by atoms with Crippen LogP contribution in [0.25, 0.3) is 0 Å². The molecule has 0 spiro atoms. The van der Waals surface area contributed by atoms with Crippen LogP contribution in [0, 0.1) is 0 Å². The molecular formula is C23H25N5O4. The largest absolute Gasteiger partial charge is 0.483 e. The van der Waals surface area contributed by atoms with Crippen LogP contribution < -0.4 is 19.9 Å². The summed E-state index contributed by atoms with van der Waals surface area (Å²) in [6, 6.07) is 12.0. The lowest BCUT2D eigenvalue weighted by molar-refractivity contribution is -0.0154. The van der Waals surface area contributed by atoms with E-state index in [0.717, 1.165) is 12.8 Å². The third-order valence-electron chi connectivity index (χ3n) is 5.06. The lowest BCUT2D eigenvalue weighted by atomic mass is 10.0. The molecule has 32 heavy (non-hydrogen) atoms. The van der Waals surface area contributed by atoms with Crippen molar-refractivity contribution in [1.29, 1.82) is 0 Å². The predicted octanol–water partition coefficient (Wildman–Crippen LogP) is 3.49. The minimum atomic E-state index is -1.46. The molecule has 9 nitrogen and oxygen atoms in total. The number of ether oxygens (including phenoxy) is 3. The first-order valence-electron chi connectivity index (χ1n) is 10.5. The number of nitrogens with zero attached hydrogens (tertiary/aromatic N) is 3. The first kappa shape index (κ1) is 21.5. The van der Waals surface area contributed by atoms with E-state index in [1.165, 1.54) is 12.8 Å². The van der Waals surface area contributed by atoms with E-state index in [9.17, 15) is 4.79 Å². The average molecular weight is 435 g/mol. The zero-order valence-corrected chi connectivity index (χ0v) is 17.8. The molecule has 9 heteroatoms. The number of aromatic nitrogens is 4. The number of nitrogens with one attached hydrogen (secondary N) is 1. The lowest BCUT2D eigenvalue weighted by Gasteiger charge is -2.33. The van der Waals surface area contributed by atoms with Gasteiger partial charge in [-0.3, -0.25) is 10.5 Å². The second kappa shape index (κ2) is 9.61. The van der Waals surface area contributed by atoms with Crippen molar-refractivity contribution in [2.24, 2.45) is 5.73 Å². The Balaban J connectivity index is 1.49. The molecule has 0 saturated heterocycles. The summed E-state index contributed by atoms with van der Waals surface area (Å²) >= 11 is 0. The predicted molar refractivity (Wildman–Crippen MR) is 116 cm³/mol. The molecule has 3 aromatic rings. The number of nitrogens with two attached hydrogens (primary N) is 1. The van der Waals surface area contributed by atoms with Crippen molar-refractivity contribution < 1.29 is 19.0 Å². The fourth-order valence-corrected chi connectivity index (χ4v) is 3.31. The maximum atomic E-state index is 13.2. The number of benzene rings is 2. The van der Waals surface area contributed by atoms with Gasteiger partial charge in [0, 0.05) is 5.56 Å². The summed E-state index contributed by atoms with van der Waals surface area (Å²) < 4.78 is 17.3. The number of unbranched alkanes of at least 4 members (excludes halogenated alkanes) is 3. The van der Waals surface area contributed by atoms with Gasteiger partial charge in [0.2, 0.25) is 5.82 Å². The molecule has 0 saturated carbocycles. The Morgan fingerprint density at radius 2 is 2.09 bits per heavy atom. The normalized spacial score (nSPS) is 17.4. The molecule has 1 aliphatic heterocycles. The van der Waals surface area contributed by atoms with Crippen LogP contribution >= 0.6 is 0 Å². The topological polar surface area (TPSA) is 125 Å². The van der Waals surface area contributed by atoms with Gasteiger partial charge in [0.1, 0.15) is 12.4 Å². The highest BCUT2D eigenvalue weighted by Crippen LogP contribution is 2.40. The molecule has 0 amide bonds. The second-order valence-corrected chi connectivity index (χ2v) is 7.49. The monoisotopic (exact) mass is 435 g/mol. The SMILES string of the molecule is CCCCC/C=C/Oc1ccc(C(=O)c2cccc3c2OC(N)(c2nn[nH]n2)CO3)cc1. The molecule has 0 radical (unpaired) electrons. The number of carbonyl (C=O) groups excluding carboxylic acids is 1. The molecule has 1 aromatic heterocycles. The van der Waals surface area contributed by atoms with Crippen molar-refractivity contribution in [2.75, 3.05) is 6.61 Å². The molecule has 1 aliphatic rings. The molecule has 0 bridgehead atoms. The van der Waals surface area contributed by atoms with Gasteiger partial charge >= 0.3 is 0 Å². The van der Waals surface area contributed by atoms with Gasteiger partial charge in [0.05, 0.1) is 11.8 Å². The third kappa shape index (κ3) is 4.62. The number of tetrazole rings is 1. The smallest absolute Gasteiger partial charge is 0.257 e. The number of para-hydroxylation sites is 1. The Kier molecular flexibility index (Phi) is 6.46. The summed E-state index contributed by atoms with van der Waals surface area (Å²) in [5.41, 5.74) is 5.63. The number of fused-ring (bicyclic) bond motifs is 1. The lowest BCUT2D eigenvalue weighted by Crippen LogP contribution is -2.51. The Hall–Kier alpha value is -3.72. The van der Waals surface area contributed by atoms with E-state index in [-0.39, 0.29) is 24.0 Å². The van der Waals surface area contributed by atoms with Crippen molar-refractivity contribution in [2.45, 2.75) is 38.3 Å². The summed E-state index contributed by atoms with van der Waals surface area (Å²) in [6.45, 7) is 2.16. The molecule has 2 aromatic carbocycles. The first-order chi connectivity index (χ1) is 15.6. The number of hydrogen-bond acceptors (Lipinski definition) is 8.